The van der Waals surface area contributed by atoms with Gasteiger partial charge in [0, 0.05) is 81.6 Å². The molecular weight excluding hydrogens is 608 g/mol. The number of nitrogens with one attached hydrogen (secondary N) is 1. The fraction of sp³-hybridized carbons (Fsp3) is 0.444. The summed E-state index contributed by atoms with van der Waals surface area (Å²) >= 11 is 0. The standard InChI is InChI=1S/C36H44N8O4/c1-3-4-5-6-25-15-32-36(47)44(14-13-43(32)20-25)33-19-37-18-29(30(33)22-45)26-16-31(35(46)40(2)21-26)39-34-8-7-27(17-38-34)41-9-11-42(12-10-41)28-23-48-24-28/h7-8,15-21,28,45H,3-6,9-14,22-24H2,1-2H3,(H,38,39). The molecule has 0 saturated carbocycles. The number of fused-ring (bicyclic) bond motifs is 1. The molecule has 12 heteroatoms. The summed E-state index contributed by atoms with van der Waals surface area (Å²) in [6, 6.07) is 8.23. The van der Waals surface area contributed by atoms with E-state index in [0.717, 1.165) is 64.3 Å². The number of carbonyl (C=O) groups excluding carboxylic acids is 1. The monoisotopic (exact) mass is 652 g/mol. The maximum Gasteiger partial charge on any atom is 0.275 e. The molecule has 48 heavy (non-hydrogen) atoms. The first kappa shape index (κ1) is 32.0. The van der Waals surface area contributed by atoms with Gasteiger partial charge in [-0.3, -0.25) is 19.5 Å². The smallest absolute Gasteiger partial charge is 0.275 e. The Morgan fingerprint density at radius 3 is 2.52 bits per heavy atom. The molecule has 4 aromatic rings. The van der Waals surface area contributed by atoms with Gasteiger partial charge in [0.15, 0.2) is 0 Å². The van der Waals surface area contributed by atoms with Crippen LogP contribution in [-0.4, -0.2) is 87.0 Å². The second-order valence-electron chi connectivity index (χ2n) is 13.0. The first-order valence-corrected chi connectivity index (χ1v) is 17.0. The molecule has 252 valence electrons. The van der Waals surface area contributed by atoms with Gasteiger partial charge < -0.3 is 34.1 Å². The molecule has 0 unspecified atom stereocenters. The van der Waals surface area contributed by atoms with Gasteiger partial charge in [0.2, 0.25) is 0 Å². The predicted octanol–water partition coefficient (Wildman–Crippen LogP) is 3.79. The van der Waals surface area contributed by atoms with Crippen molar-refractivity contribution in [2.24, 2.45) is 7.05 Å². The number of hydrogen-bond acceptors (Lipinski definition) is 9. The van der Waals surface area contributed by atoms with Crippen molar-refractivity contribution < 1.29 is 14.6 Å². The lowest BCUT2D eigenvalue weighted by molar-refractivity contribution is -0.0660. The summed E-state index contributed by atoms with van der Waals surface area (Å²) < 4.78 is 8.89. The average molecular weight is 653 g/mol. The summed E-state index contributed by atoms with van der Waals surface area (Å²) in [5.41, 5.74) is 5.51. The van der Waals surface area contributed by atoms with Crippen molar-refractivity contribution >= 4 is 28.8 Å². The number of aromatic nitrogens is 4. The third-order valence-electron chi connectivity index (χ3n) is 9.86. The van der Waals surface area contributed by atoms with Crippen LogP contribution in [0.25, 0.3) is 11.1 Å². The van der Waals surface area contributed by atoms with Crippen molar-refractivity contribution in [1.82, 2.24) is 24.0 Å². The van der Waals surface area contributed by atoms with Crippen molar-refractivity contribution in [3.05, 3.63) is 82.4 Å². The second kappa shape index (κ2) is 13.9. The molecule has 3 aliphatic heterocycles. The van der Waals surface area contributed by atoms with Crippen LogP contribution in [0.5, 0.6) is 0 Å². The van der Waals surface area contributed by atoms with E-state index >= 15 is 0 Å². The Balaban J connectivity index is 1.10. The van der Waals surface area contributed by atoms with Crippen LogP contribution in [0.3, 0.4) is 0 Å². The van der Waals surface area contributed by atoms with Crippen LogP contribution in [0, 0.1) is 0 Å². The lowest BCUT2D eigenvalue weighted by atomic mass is 10.0. The van der Waals surface area contributed by atoms with Crippen LogP contribution < -0.4 is 20.7 Å². The van der Waals surface area contributed by atoms with Crippen LogP contribution in [0.4, 0.5) is 22.9 Å². The summed E-state index contributed by atoms with van der Waals surface area (Å²) in [4.78, 5) is 42.6. The molecule has 3 aliphatic rings. The van der Waals surface area contributed by atoms with Crippen molar-refractivity contribution in [2.45, 2.75) is 51.8 Å². The first-order valence-electron chi connectivity index (χ1n) is 17.0. The zero-order chi connectivity index (χ0) is 33.2. The highest BCUT2D eigenvalue weighted by atomic mass is 16.5. The predicted molar refractivity (Wildman–Crippen MR) is 186 cm³/mol. The first-order chi connectivity index (χ1) is 23.4. The summed E-state index contributed by atoms with van der Waals surface area (Å²) in [7, 11) is 1.69. The number of anilines is 4. The number of aryl methyl sites for hydroxylation is 2. The normalized spacial score (nSPS) is 17.0. The van der Waals surface area contributed by atoms with Gasteiger partial charge in [-0.15, -0.1) is 0 Å². The lowest BCUT2D eigenvalue weighted by Crippen LogP contribution is -2.56. The van der Waals surface area contributed by atoms with Crippen LogP contribution in [-0.2, 0) is 31.4 Å². The highest BCUT2D eigenvalue weighted by Crippen LogP contribution is 2.34. The lowest BCUT2D eigenvalue weighted by Gasteiger charge is -2.43. The summed E-state index contributed by atoms with van der Waals surface area (Å²) in [5, 5.41) is 13.8. The number of piperazine rings is 1. The maximum absolute atomic E-state index is 13.7. The summed E-state index contributed by atoms with van der Waals surface area (Å²) in [6.07, 6.45) is 13.4. The minimum Gasteiger partial charge on any atom is -0.392 e. The molecule has 2 fully saturated rings. The molecular formula is C36H44N8O4. The Hall–Kier alpha value is -4.52. The number of carbonyl (C=O) groups is 1. The molecule has 1 amide bonds. The van der Waals surface area contributed by atoms with E-state index in [4.69, 9.17) is 4.74 Å². The zero-order valence-electron chi connectivity index (χ0n) is 27.8. The van der Waals surface area contributed by atoms with Crippen molar-refractivity contribution in [3.63, 3.8) is 0 Å². The van der Waals surface area contributed by atoms with Gasteiger partial charge in [-0.2, -0.15) is 0 Å². The SMILES string of the molecule is CCCCCc1cc2n(c1)CCN(c1cncc(-c3cc(Nc4ccc(N5CCN(C6COC6)CC5)cn4)c(=O)n(C)c3)c1CO)C2=O. The quantitative estimate of drug-likeness (QED) is 0.233. The molecule has 7 rings (SSSR count). The minimum atomic E-state index is -0.294. The van der Waals surface area contributed by atoms with Crippen LogP contribution in [0.1, 0.15) is 47.8 Å². The Labute approximate surface area is 280 Å². The molecule has 0 spiro atoms. The number of amides is 1. The molecule has 2 N–H and O–H groups in total. The molecule has 0 bridgehead atoms. The molecule has 0 atom stereocenters. The van der Waals surface area contributed by atoms with Gasteiger partial charge in [0.05, 0.1) is 49.6 Å². The Bertz CT molecular complexity index is 1820. The van der Waals surface area contributed by atoms with Crippen molar-refractivity contribution in [1.29, 1.82) is 0 Å². The van der Waals surface area contributed by atoms with Gasteiger partial charge in [-0.25, -0.2) is 4.98 Å². The zero-order valence-corrected chi connectivity index (χ0v) is 27.8. The molecule has 4 aromatic heterocycles. The fourth-order valence-electron chi connectivity index (χ4n) is 6.97. The number of unbranched alkanes of at least 4 members (excludes halogenated alkanes) is 2. The summed E-state index contributed by atoms with van der Waals surface area (Å²) in [6.45, 7) is 8.56. The molecule has 0 aromatic carbocycles. The van der Waals surface area contributed by atoms with E-state index < -0.39 is 0 Å². The molecule has 7 heterocycles. The minimum absolute atomic E-state index is 0.108. The number of rotatable bonds is 11. The highest BCUT2D eigenvalue weighted by molar-refractivity contribution is 6.06. The largest absolute Gasteiger partial charge is 0.392 e. The third kappa shape index (κ3) is 6.35. The topological polar surface area (TPSA) is 121 Å². The molecule has 2 saturated heterocycles. The molecule has 12 nitrogen and oxygen atoms in total. The van der Waals surface area contributed by atoms with Gasteiger partial charge >= 0.3 is 0 Å². The number of ether oxygens (including phenoxy) is 1. The van der Waals surface area contributed by atoms with Gasteiger partial charge in [-0.05, 0) is 42.7 Å². The van der Waals surface area contributed by atoms with E-state index in [0.29, 0.717) is 58.7 Å². The van der Waals surface area contributed by atoms with Crippen molar-refractivity contribution in [2.75, 3.05) is 61.1 Å². The van der Waals surface area contributed by atoms with Gasteiger partial charge in [-0.1, -0.05) is 19.8 Å². The van der Waals surface area contributed by atoms with Crippen LogP contribution >= 0.6 is 0 Å². The number of nitrogens with zero attached hydrogens (tertiary/aromatic N) is 7. The molecule has 0 aliphatic carbocycles. The van der Waals surface area contributed by atoms with Crippen molar-refractivity contribution in [3.8, 4) is 11.1 Å². The second-order valence-corrected chi connectivity index (χ2v) is 13.0. The summed E-state index contributed by atoms with van der Waals surface area (Å²) in [5.74, 6) is 0.451. The Morgan fingerprint density at radius 2 is 1.81 bits per heavy atom. The van der Waals surface area contributed by atoms with Gasteiger partial charge in [0.1, 0.15) is 17.2 Å². The van der Waals surface area contributed by atoms with Gasteiger partial charge in [0.25, 0.3) is 11.5 Å². The highest BCUT2D eigenvalue weighted by Gasteiger charge is 2.30. The Kier molecular flexibility index (Phi) is 9.29. The van der Waals surface area contributed by atoms with E-state index in [-0.39, 0.29) is 18.1 Å². The number of pyridine rings is 3. The average Bonchev–Trinajstić information content (AvgIpc) is 3.51. The third-order valence-corrected chi connectivity index (χ3v) is 9.86. The van der Waals surface area contributed by atoms with E-state index in [9.17, 15) is 14.7 Å². The van der Waals surface area contributed by atoms with E-state index in [1.165, 1.54) is 16.6 Å². The Morgan fingerprint density at radius 1 is 0.979 bits per heavy atom. The maximum atomic E-state index is 13.7. The number of hydrogen-bond donors (Lipinski definition) is 2. The van der Waals surface area contributed by atoms with Crippen LogP contribution in [0.15, 0.2) is 60.0 Å². The van der Waals surface area contributed by atoms with E-state index in [1.54, 1.807) is 36.6 Å². The van der Waals surface area contributed by atoms with Crippen LogP contribution in [0.2, 0.25) is 0 Å². The molecule has 0 radical (unpaired) electrons. The number of aliphatic hydroxyl groups excluding tert-OH is 1. The number of aliphatic hydroxyl groups is 1. The van der Waals surface area contributed by atoms with E-state index in [1.807, 2.05) is 29.0 Å². The van der Waals surface area contributed by atoms with E-state index in [2.05, 4.69) is 38.2 Å². The fourth-order valence-corrected chi connectivity index (χ4v) is 6.97.